The number of hydrogen-bond acceptors (Lipinski definition) is 6. The Morgan fingerprint density at radius 1 is 1.12 bits per heavy atom. The Kier molecular flexibility index (Phi) is 4.64. The minimum atomic E-state index is -0.805. The monoisotopic (exact) mass is 360 g/mol. The third-order valence-electron chi connectivity index (χ3n) is 3.38. The molecule has 24 heavy (non-hydrogen) atoms. The quantitative estimate of drug-likeness (QED) is 0.666. The normalized spacial score (nSPS) is 12.1. The molecule has 0 aliphatic carbocycles. The molecular weight excluding hydrogens is 344 g/mol. The van der Waals surface area contributed by atoms with Crippen molar-refractivity contribution in [1.82, 2.24) is 9.88 Å². The van der Waals surface area contributed by atoms with Crippen LogP contribution in [-0.4, -0.2) is 42.0 Å². The van der Waals surface area contributed by atoms with E-state index in [0.717, 1.165) is 20.1 Å². The van der Waals surface area contributed by atoms with Gasteiger partial charge in [-0.25, -0.2) is 9.78 Å². The Labute approximate surface area is 147 Å². The minimum Gasteiger partial charge on any atom is -0.448 e. The molecule has 0 spiro atoms. The number of thiazole rings is 1. The van der Waals surface area contributed by atoms with Gasteiger partial charge in [0.1, 0.15) is 9.88 Å². The molecule has 7 heteroatoms. The van der Waals surface area contributed by atoms with Gasteiger partial charge in [0.05, 0.1) is 15.1 Å². The number of para-hydroxylation sites is 1. The van der Waals surface area contributed by atoms with Gasteiger partial charge in [0.2, 0.25) is 0 Å². The van der Waals surface area contributed by atoms with Crippen molar-refractivity contribution < 1.29 is 14.3 Å². The Bertz CT molecular complexity index is 865. The second-order valence-electron chi connectivity index (χ2n) is 5.43. The summed E-state index contributed by atoms with van der Waals surface area (Å²) in [6.07, 6.45) is -0.805. The molecule has 0 saturated heterocycles. The molecule has 0 fully saturated rings. The van der Waals surface area contributed by atoms with Gasteiger partial charge in [-0.1, -0.05) is 12.1 Å². The number of thiophene rings is 1. The SMILES string of the molecule is C[C@H](OC(=O)c1ccc(-c2nc3ccccc3s2)s1)C(=O)N(C)C. The zero-order chi connectivity index (χ0) is 17.3. The van der Waals surface area contributed by atoms with Crippen LogP contribution >= 0.6 is 22.7 Å². The van der Waals surface area contributed by atoms with Crippen molar-refractivity contribution in [2.45, 2.75) is 13.0 Å². The number of esters is 1. The highest BCUT2D eigenvalue weighted by Crippen LogP contribution is 2.34. The summed E-state index contributed by atoms with van der Waals surface area (Å²) in [7, 11) is 3.26. The second kappa shape index (κ2) is 6.70. The van der Waals surface area contributed by atoms with E-state index in [1.165, 1.54) is 16.2 Å². The molecule has 5 nitrogen and oxygen atoms in total. The number of carbonyl (C=O) groups is 2. The zero-order valence-electron chi connectivity index (χ0n) is 13.5. The minimum absolute atomic E-state index is 0.244. The lowest BCUT2D eigenvalue weighted by Crippen LogP contribution is -2.34. The number of fused-ring (bicyclic) bond motifs is 1. The van der Waals surface area contributed by atoms with E-state index in [-0.39, 0.29) is 5.91 Å². The van der Waals surface area contributed by atoms with Gasteiger partial charge < -0.3 is 9.64 Å². The first-order valence-corrected chi connectivity index (χ1v) is 8.97. The maximum Gasteiger partial charge on any atom is 0.349 e. The van der Waals surface area contributed by atoms with E-state index in [9.17, 15) is 9.59 Å². The van der Waals surface area contributed by atoms with Crippen molar-refractivity contribution in [3.8, 4) is 9.88 Å². The molecular formula is C17H16N2O3S2. The van der Waals surface area contributed by atoms with E-state index in [4.69, 9.17) is 4.74 Å². The number of likely N-dealkylation sites (N-methyl/N-ethyl adjacent to an activating group) is 1. The smallest absolute Gasteiger partial charge is 0.349 e. The maximum atomic E-state index is 12.2. The van der Waals surface area contributed by atoms with Crippen LogP contribution in [0.1, 0.15) is 16.6 Å². The van der Waals surface area contributed by atoms with Crippen molar-refractivity contribution in [1.29, 1.82) is 0 Å². The van der Waals surface area contributed by atoms with E-state index in [1.807, 2.05) is 30.3 Å². The van der Waals surface area contributed by atoms with Gasteiger partial charge in [0.15, 0.2) is 6.10 Å². The fraction of sp³-hybridized carbons (Fsp3) is 0.235. The number of rotatable bonds is 4. The molecule has 0 aliphatic rings. The third-order valence-corrected chi connectivity index (χ3v) is 5.66. The first kappa shape index (κ1) is 16.6. The number of hydrogen-bond donors (Lipinski definition) is 0. The standard InChI is InChI=1S/C17H16N2O3S2/c1-10(16(20)19(2)3)22-17(21)14-9-8-13(23-14)15-18-11-6-4-5-7-12(11)24-15/h4-10H,1-3H3/t10-/m0/s1. The van der Waals surface area contributed by atoms with Crippen LogP contribution in [0.4, 0.5) is 0 Å². The lowest BCUT2D eigenvalue weighted by Gasteiger charge is -2.16. The van der Waals surface area contributed by atoms with Gasteiger partial charge >= 0.3 is 5.97 Å². The first-order chi connectivity index (χ1) is 11.5. The summed E-state index contributed by atoms with van der Waals surface area (Å²) in [6.45, 7) is 1.57. The van der Waals surface area contributed by atoms with Crippen LogP contribution in [0.3, 0.4) is 0 Å². The topological polar surface area (TPSA) is 59.5 Å². The van der Waals surface area contributed by atoms with Crippen LogP contribution in [0.2, 0.25) is 0 Å². The average Bonchev–Trinajstić information content (AvgIpc) is 3.20. The summed E-state index contributed by atoms with van der Waals surface area (Å²) < 4.78 is 6.34. The number of carbonyl (C=O) groups excluding carboxylic acids is 2. The van der Waals surface area contributed by atoms with E-state index in [1.54, 1.807) is 38.4 Å². The van der Waals surface area contributed by atoms with Gasteiger partial charge in [-0.3, -0.25) is 4.79 Å². The van der Waals surface area contributed by atoms with E-state index in [0.29, 0.717) is 4.88 Å². The first-order valence-electron chi connectivity index (χ1n) is 7.33. The van der Waals surface area contributed by atoms with Gasteiger partial charge in [0, 0.05) is 14.1 Å². The molecule has 1 aromatic carbocycles. The molecule has 2 heterocycles. The number of nitrogens with zero attached hydrogens (tertiary/aromatic N) is 2. The second-order valence-corrected chi connectivity index (χ2v) is 7.55. The van der Waals surface area contributed by atoms with Crippen LogP contribution in [0.15, 0.2) is 36.4 Å². The molecule has 3 rings (SSSR count). The highest BCUT2D eigenvalue weighted by Gasteiger charge is 2.21. The van der Waals surface area contributed by atoms with Crippen molar-refractivity contribution >= 4 is 44.8 Å². The molecule has 0 radical (unpaired) electrons. The summed E-state index contributed by atoms with van der Waals surface area (Å²) in [4.78, 5) is 31.3. The van der Waals surface area contributed by atoms with Crippen LogP contribution in [0.25, 0.3) is 20.1 Å². The van der Waals surface area contributed by atoms with Crippen LogP contribution < -0.4 is 0 Å². The largest absolute Gasteiger partial charge is 0.448 e. The van der Waals surface area contributed by atoms with Crippen molar-refractivity contribution in [2.24, 2.45) is 0 Å². The average molecular weight is 360 g/mol. The predicted molar refractivity (Wildman–Crippen MR) is 96.5 cm³/mol. The fourth-order valence-electron chi connectivity index (χ4n) is 2.17. The molecule has 0 aliphatic heterocycles. The van der Waals surface area contributed by atoms with Gasteiger partial charge in [0.25, 0.3) is 5.91 Å². The van der Waals surface area contributed by atoms with E-state index >= 15 is 0 Å². The van der Waals surface area contributed by atoms with Crippen molar-refractivity contribution in [2.75, 3.05) is 14.1 Å². The maximum absolute atomic E-state index is 12.2. The highest BCUT2D eigenvalue weighted by atomic mass is 32.1. The Hall–Kier alpha value is -2.25. The Balaban J connectivity index is 1.77. The van der Waals surface area contributed by atoms with Gasteiger partial charge in [-0.15, -0.1) is 22.7 Å². The fourth-order valence-corrected chi connectivity index (χ4v) is 4.08. The van der Waals surface area contributed by atoms with Crippen molar-refractivity contribution in [3.05, 3.63) is 41.3 Å². The number of amides is 1. The highest BCUT2D eigenvalue weighted by molar-refractivity contribution is 7.26. The summed E-state index contributed by atoms with van der Waals surface area (Å²) >= 11 is 2.90. The Morgan fingerprint density at radius 2 is 1.88 bits per heavy atom. The van der Waals surface area contributed by atoms with Crippen LogP contribution in [0.5, 0.6) is 0 Å². The number of benzene rings is 1. The number of ether oxygens (including phenoxy) is 1. The Morgan fingerprint density at radius 3 is 2.58 bits per heavy atom. The van der Waals surface area contributed by atoms with Crippen LogP contribution in [-0.2, 0) is 9.53 Å². The lowest BCUT2D eigenvalue weighted by atomic mass is 10.3. The summed E-state index contributed by atoms with van der Waals surface area (Å²) in [5.41, 5.74) is 0.945. The molecule has 0 bridgehead atoms. The van der Waals surface area contributed by atoms with Crippen LogP contribution in [0, 0.1) is 0 Å². The summed E-state index contributed by atoms with van der Waals surface area (Å²) in [5.74, 6) is -0.735. The molecule has 3 aromatic rings. The molecule has 1 atom stereocenters. The third kappa shape index (κ3) is 3.32. The molecule has 124 valence electrons. The van der Waals surface area contributed by atoms with Gasteiger partial charge in [-0.05, 0) is 31.2 Å². The molecule has 1 amide bonds. The number of aromatic nitrogens is 1. The molecule has 0 unspecified atom stereocenters. The van der Waals surface area contributed by atoms with E-state index < -0.39 is 12.1 Å². The van der Waals surface area contributed by atoms with E-state index in [2.05, 4.69) is 4.98 Å². The summed E-state index contributed by atoms with van der Waals surface area (Å²) in [6, 6.07) is 11.5. The predicted octanol–water partition coefficient (Wildman–Crippen LogP) is 3.66. The zero-order valence-corrected chi connectivity index (χ0v) is 15.1. The molecule has 0 saturated carbocycles. The molecule has 0 N–H and O–H groups in total. The molecule has 2 aromatic heterocycles. The summed E-state index contributed by atoms with van der Waals surface area (Å²) in [5, 5.41) is 0.873. The lowest BCUT2D eigenvalue weighted by molar-refractivity contribution is -0.137. The van der Waals surface area contributed by atoms with Crippen molar-refractivity contribution in [3.63, 3.8) is 0 Å². The van der Waals surface area contributed by atoms with Gasteiger partial charge in [-0.2, -0.15) is 0 Å².